The quantitative estimate of drug-likeness (QED) is 0.857. The largest absolute Gasteiger partial charge is 0.478 e. The lowest BCUT2D eigenvalue weighted by Crippen LogP contribution is -2.04. The SMILES string of the molecule is CC(=O)c1ccn(Cc2cccc(C(=O)O)c2)c1C. The Morgan fingerprint density at radius 3 is 2.58 bits per heavy atom. The van der Waals surface area contributed by atoms with Gasteiger partial charge in [0.2, 0.25) is 0 Å². The first-order valence-corrected chi connectivity index (χ1v) is 5.98. The standard InChI is InChI=1S/C15H15NO3/c1-10-14(11(2)17)6-7-16(10)9-12-4-3-5-13(8-12)15(18)19/h3-8H,9H2,1-2H3,(H,18,19). The molecule has 0 aliphatic carbocycles. The highest BCUT2D eigenvalue weighted by Gasteiger charge is 2.09. The molecule has 4 heteroatoms. The minimum atomic E-state index is -0.935. The monoisotopic (exact) mass is 257 g/mol. The summed E-state index contributed by atoms with van der Waals surface area (Å²) < 4.78 is 1.94. The molecule has 0 aliphatic heterocycles. The number of Topliss-reactive ketones (excluding diaryl/α,β-unsaturated/α-hetero) is 1. The van der Waals surface area contributed by atoms with Crippen LogP contribution in [-0.2, 0) is 6.54 Å². The molecule has 0 saturated heterocycles. The first-order chi connectivity index (χ1) is 8.99. The lowest BCUT2D eigenvalue weighted by Gasteiger charge is -2.08. The van der Waals surface area contributed by atoms with E-state index in [2.05, 4.69) is 0 Å². The van der Waals surface area contributed by atoms with E-state index in [1.165, 1.54) is 6.92 Å². The van der Waals surface area contributed by atoms with Crippen LogP contribution in [0.3, 0.4) is 0 Å². The second kappa shape index (κ2) is 5.10. The minimum Gasteiger partial charge on any atom is -0.478 e. The van der Waals surface area contributed by atoms with Gasteiger partial charge in [-0.3, -0.25) is 4.79 Å². The van der Waals surface area contributed by atoms with Crippen LogP contribution in [0.5, 0.6) is 0 Å². The highest BCUT2D eigenvalue weighted by Crippen LogP contribution is 2.14. The molecular formula is C15H15NO3. The van der Waals surface area contributed by atoms with Crippen molar-refractivity contribution in [2.45, 2.75) is 20.4 Å². The van der Waals surface area contributed by atoms with Crippen LogP contribution in [0.25, 0.3) is 0 Å². The Hall–Kier alpha value is -2.36. The number of benzene rings is 1. The van der Waals surface area contributed by atoms with Crippen LogP contribution in [-0.4, -0.2) is 21.4 Å². The molecule has 1 aromatic carbocycles. The van der Waals surface area contributed by atoms with E-state index in [-0.39, 0.29) is 11.3 Å². The van der Waals surface area contributed by atoms with Crippen molar-refractivity contribution in [1.29, 1.82) is 0 Å². The molecule has 0 bridgehead atoms. The summed E-state index contributed by atoms with van der Waals surface area (Å²) in [4.78, 5) is 22.3. The minimum absolute atomic E-state index is 0.0375. The number of carboxylic acids is 1. The van der Waals surface area contributed by atoms with Crippen molar-refractivity contribution in [3.8, 4) is 0 Å². The molecule has 0 radical (unpaired) electrons. The predicted octanol–water partition coefficient (Wildman–Crippen LogP) is 2.75. The van der Waals surface area contributed by atoms with Gasteiger partial charge in [0.05, 0.1) is 5.56 Å². The Kier molecular flexibility index (Phi) is 3.51. The average molecular weight is 257 g/mol. The Morgan fingerprint density at radius 2 is 2.00 bits per heavy atom. The summed E-state index contributed by atoms with van der Waals surface area (Å²) >= 11 is 0. The van der Waals surface area contributed by atoms with E-state index in [9.17, 15) is 9.59 Å². The van der Waals surface area contributed by atoms with Crippen molar-refractivity contribution in [2.75, 3.05) is 0 Å². The molecule has 1 heterocycles. The first kappa shape index (κ1) is 13.1. The number of aromatic carboxylic acids is 1. The van der Waals surface area contributed by atoms with Gasteiger partial charge >= 0.3 is 5.97 Å². The number of hydrogen-bond donors (Lipinski definition) is 1. The van der Waals surface area contributed by atoms with Gasteiger partial charge in [-0.25, -0.2) is 4.79 Å². The van der Waals surface area contributed by atoms with E-state index < -0.39 is 5.97 Å². The number of ketones is 1. The number of aromatic nitrogens is 1. The molecule has 2 aromatic rings. The second-order valence-electron chi connectivity index (χ2n) is 4.50. The van der Waals surface area contributed by atoms with E-state index in [1.807, 2.05) is 23.8 Å². The molecule has 0 saturated carbocycles. The number of rotatable bonds is 4. The third-order valence-corrected chi connectivity index (χ3v) is 3.15. The summed E-state index contributed by atoms with van der Waals surface area (Å²) in [5.74, 6) is -0.897. The predicted molar refractivity (Wildman–Crippen MR) is 71.7 cm³/mol. The molecule has 0 aliphatic rings. The molecule has 4 nitrogen and oxygen atoms in total. The van der Waals surface area contributed by atoms with Gasteiger partial charge in [-0.05, 0) is 37.6 Å². The third kappa shape index (κ3) is 2.73. The third-order valence-electron chi connectivity index (χ3n) is 3.15. The zero-order chi connectivity index (χ0) is 14.0. The fourth-order valence-corrected chi connectivity index (χ4v) is 2.09. The summed E-state index contributed by atoms with van der Waals surface area (Å²) in [7, 11) is 0. The maximum atomic E-state index is 11.4. The van der Waals surface area contributed by atoms with E-state index >= 15 is 0 Å². The molecule has 2 rings (SSSR count). The summed E-state index contributed by atoms with van der Waals surface area (Å²) in [6.07, 6.45) is 1.85. The summed E-state index contributed by atoms with van der Waals surface area (Å²) in [5, 5.41) is 8.96. The second-order valence-corrected chi connectivity index (χ2v) is 4.50. The lowest BCUT2D eigenvalue weighted by molar-refractivity contribution is 0.0696. The van der Waals surface area contributed by atoms with Crippen molar-refractivity contribution < 1.29 is 14.7 Å². The lowest BCUT2D eigenvalue weighted by atomic mass is 10.1. The number of carbonyl (C=O) groups is 2. The molecule has 0 atom stereocenters. The van der Waals surface area contributed by atoms with Crippen molar-refractivity contribution in [3.63, 3.8) is 0 Å². The van der Waals surface area contributed by atoms with Gasteiger partial charge in [0.25, 0.3) is 0 Å². The summed E-state index contributed by atoms with van der Waals surface area (Å²) in [6.45, 7) is 3.98. The van der Waals surface area contributed by atoms with Crippen LogP contribution in [0, 0.1) is 6.92 Å². The fraction of sp³-hybridized carbons (Fsp3) is 0.200. The van der Waals surface area contributed by atoms with Crippen molar-refractivity contribution in [2.24, 2.45) is 0 Å². The molecule has 1 aromatic heterocycles. The van der Waals surface area contributed by atoms with Crippen LogP contribution in [0.15, 0.2) is 36.5 Å². The maximum Gasteiger partial charge on any atom is 0.335 e. The topological polar surface area (TPSA) is 59.3 Å². The van der Waals surface area contributed by atoms with Crippen molar-refractivity contribution in [3.05, 3.63) is 58.9 Å². The number of hydrogen-bond acceptors (Lipinski definition) is 2. The zero-order valence-corrected chi connectivity index (χ0v) is 10.9. The number of nitrogens with zero attached hydrogens (tertiary/aromatic N) is 1. The van der Waals surface area contributed by atoms with E-state index in [0.29, 0.717) is 12.1 Å². The van der Waals surface area contributed by atoms with Crippen molar-refractivity contribution >= 4 is 11.8 Å². The van der Waals surface area contributed by atoms with Gasteiger partial charge in [-0.1, -0.05) is 12.1 Å². The Morgan fingerprint density at radius 1 is 1.26 bits per heavy atom. The fourth-order valence-electron chi connectivity index (χ4n) is 2.09. The highest BCUT2D eigenvalue weighted by atomic mass is 16.4. The summed E-state index contributed by atoms with van der Waals surface area (Å²) in [5.41, 5.74) is 2.77. The molecular weight excluding hydrogens is 242 g/mol. The summed E-state index contributed by atoms with van der Waals surface area (Å²) in [6, 6.07) is 8.60. The smallest absolute Gasteiger partial charge is 0.335 e. The Balaban J connectivity index is 2.29. The molecule has 0 spiro atoms. The van der Waals surface area contributed by atoms with Crippen LogP contribution in [0.1, 0.15) is 38.9 Å². The normalized spacial score (nSPS) is 10.4. The zero-order valence-electron chi connectivity index (χ0n) is 10.9. The first-order valence-electron chi connectivity index (χ1n) is 5.98. The molecule has 98 valence electrons. The van der Waals surface area contributed by atoms with Gasteiger partial charge in [-0.15, -0.1) is 0 Å². The van der Waals surface area contributed by atoms with Crippen LogP contribution >= 0.6 is 0 Å². The van der Waals surface area contributed by atoms with Gasteiger partial charge < -0.3 is 9.67 Å². The van der Waals surface area contributed by atoms with Crippen LogP contribution in [0.4, 0.5) is 0 Å². The van der Waals surface area contributed by atoms with E-state index in [1.54, 1.807) is 24.3 Å². The molecule has 0 unspecified atom stereocenters. The molecule has 0 fully saturated rings. The molecule has 19 heavy (non-hydrogen) atoms. The molecule has 1 N–H and O–H groups in total. The Labute approximate surface area is 111 Å². The van der Waals surface area contributed by atoms with Gasteiger partial charge in [0.1, 0.15) is 0 Å². The van der Waals surface area contributed by atoms with Gasteiger partial charge in [0, 0.05) is 24.0 Å². The Bertz CT molecular complexity index is 641. The number of carboxylic acid groups (broad SMARTS) is 1. The van der Waals surface area contributed by atoms with E-state index in [0.717, 1.165) is 11.3 Å². The van der Waals surface area contributed by atoms with Gasteiger partial charge in [-0.2, -0.15) is 0 Å². The molecule has 0 amide bonds. The number of carbonyl (C=O) groups excluding carboxylic acids is 1. The van der Waals surface area contributed by atoms with Crippen LogP contribution in [0.2, 0.25) is 0 Å². The van der Waals surface area contributed by atoms with Crippen molar-refractivity contribution in [1.82, 2.24) is 4.57 Å². The highest BCUT2D eigenvalue weighted by molar-refractivity contribution is 5.95. The average Bonchev–Trinajstić information content (AvgIpc) is 2.71. The van der Waals surface area contributed by atoms with Crippen LogP contribution < -0.4 is 0 Å². The van der Waals surface area contributed by atoms with E-state index in [4.69, 9.17) is 5.11 Å². The van der Waals surface area contributed by atoms with Gasteiger partial charge in [0.15, 0.2) is 5.78 Å². The maximum absolute atomic E-state index is 11.4.